The molecule has 1 atom stereocenters. The first-order valence-corrected chi connectivity index (χ1v) is 10.5. The number of aliphatic hydroxyl groups is 1. The van der Waals surface area contributed by atoms with Crippen LogP contribution in [0, 0.1) is 0 Å². The number of hydrogen-bond donors (Lipinski definition) is 1. The Kier molecular flexibility index (Phi) is 20.1. The molecule has 0 fully saturated rings. The van der Waals surface area contributed by atoms with Gasteiger partial charge in [0, 0.05) is 11.9 Å². The molecule has 134 valence electrons. The summed E-state index contributed by atoms with van der Waals surface area (Å²) in [7, 11) is -4.11. The maximum Gasteiger partial charge on any atom is 1.00 e. The van der Waals surface area contributed by atoms with Gasteiger partial charge in [0.25, 0.3) is 0 Å². The molecule has 0 amide bonds. The summed E-state index contributed by atoms with van der Waals surface area (Å²) in [6.45, 7) is 2.23. The normalized spacial score (nSPS) is 12.8. The van der Waals surface area contributed by atoms with Gasteiger partial charge in [-0.25, -0.2) is 8.42 Å². The van der Waals surface area contributed by atoms with Crippen LogP contribution in [-0.2, 0) is 10.1 Å². The van der Waals surface area contributed by atoms with E-state index in [0.717, 1.165) is 38.5 Å². The van der Waals surface area contributed by atoms with E-state index in [-0.39, 0.29) is 29.6 Å². The quantitative estimate of drug-likeness (QED) is 0.257. The summed E-state index contributed by atoms with van der Waals surface area (Å²) in [5, 5.41) is 8.00. The van der Waals surface area contributed by atoms with Gasteiger partial charge in [-0.2, -0.15) is 0 Å². The molecule has 23 heavy (non-hydrogen) atoms. The monoisotopic (exact) mass is 358 g/mol. The Hall–Kier alpha value is 0.870. The van der Waals surface area contributed by atoms with Gasteiger partial charge >= 0.3 is 29.6 Å². The minimum atomic E-state index is -4.11. The van der Waals surface area contributed by atoms with Crippen LogP contribution >= 0.6 is 0 Å². The number of unbranched alkanes of at least 4 members (excludes halogenated alkanes) is 10. The van der Waals surface area contributed by atoms with E-state index in [1.165, 1.54) is 38.5 Å². The van der Waals surface area contributed by atoms with Crippen LogP contribution in [0.3, 0.4) is 0 Å². The van der Waals surface area contributed by atoms with Gasteiger partial charge < -0.3 is 9.66 Å². The maximum atomic E-state index is 11.1. The van der Waals surface area contributed by atoms with Gasteiger partial charge in [0.2, 0.25) is 0 Å². The van der Waals surface area contributed by atoms with Crippen molar-refractivity contribution in [3.63, 3.8) is 0 Å². The van der Waals surface area contributed by atoms with Crippen LogP contribution < -0.4 is 29.6 Å². The SMILES string of the molecule is CCCC(CCCCCCCCCCCCCO)S(=O)(=O)[O-].[Na+]. The summed E-state index contributed by atoms with van der Waals surface area (Å²) in [5.41, 5.74) is 0. The van der Waals surface area contributed by atoms with Crippen LogP contribution in [0.25, 0.3) is 0 Å². The van der Waals surface area contributed by atoms with Crippen molar-refractivity contribution in [2.75, 3.05) is 6.61 Å². The van der Waals surface area contributed by atoms with Gasteiger partial charge in [-0.05, 0) is 19.3 Å². The molecule has 0 aliphatic rings. The topological polar surface area (TPSA) is 77.4 Å². The van der Waals surface area contributed by atoms with Crippen molar-refractivity contribution < 1.29 is 47.6 Å². The third-order valence-corrected chi connectivity index (χ3v) is 5.49. The molecule has 0 bridgehead atoms. The number of hydrogen-bond acceptors (Lipinski definition) is 4. The van der Waals surface area contributed by atoms with E-state index in [2.05, 4.69) is 0 Å². The average Bonchev–Trinajstić information content (AvgIpc) is 2.46. The third kappa shape index (κ3) is 17.5. The molecule has 0 heterocycles. The Labute approximate surface area is 165 Å². The molecule has 6 heteroatoms. The molecule has 0 spiro atoms. The number of aliphatic hydroxyl groups excluding tert-OH is 1. The Morgan fingerprint density at radius 2 is 1.17 bits per heavy atom. The van der Waals surface area contributed by atoms with Crippen molar-refractivity contribution in [2.45, 2.75) is 102 Å². The molecule has 0 rings (SSSR count). The van der Waals surface area contributed by atoms with Crippen LogP contribution in [0.5, 0.6) is 0 Å². The molecule has 0 aromatic rings. The summed E-state index contributed by atoms with van der Waals surface area (Å²) < 4.78 is 33.3. The smallest absolute Gasteiger partial charge is 0.748 e. The average molecular weight is 359 g/mol. The molecule has 0 aromatic carbocycles. The van der Waals surface area contributed by atoms with E-state index < -0.39 is 15.4 Å². The molecule has 4 nitrogen and oxygen atoms in total. The summed E-state index contributed by atoms with van der Waals surface area (Å²) in [5.74, 6) is 0. The van der Waals surface area contributed by atoms with E-state index in [1.807, 2.05) is 6.92 Å². The van der Waals surface area contributed by atoms with Crippen molar-refractivity contribution in [3.05, 3.63) is 0 Å². The first-order valence-electron chi connectivity index (χ1n) is 9.08. The minimum Gasteiger partial charge on any atom is -0.748 e. The van der Waals surface area contributed by atoms with Crippen LogP contribution in [-0.4, -0.2) is 29.9 Å². The molecule has 0 saturated heterocycles. The zero-order valence-corrected chi connectivity index (χ0v) is 18.1. The summed E-state index contributed by atoms with van der Waals surface area (Å²) in [6.07, 6.45) is 14.4. The van der Waals surface area contributed by atoms with Gasteiger partial charge in [-0.1, -0.05) is 77.6 Å². The second-order valence-electron chi connectivity index (χ2n) is 6.30. The van der Waals surface area contributed by atoms with Crippen molar-refractivity contribution in [3.8, 4) is 0 Å². The molecule has 0 aliphatic heterocycles. The first kappa shape index (κ1) is 26.1. The predicted octanol–water partition coefficient (Wildman–Crippen LogP) is 1.38. The molecular formula is C17H35NaO4S. The third-order valence-electron chi connectivity index (χ3n) is 4.20. The molecule has 1 N–H and O–H groups in total. The Morgan fingerprint density at radius 1 is 0.783 bits per heavy atom. The molecule has 0 radical (unpaired) electrons. The maximum absolute atomic E-state index is 11.1. The van der Waals surface area contributed by atoms with Gasteiger partial charge in [0.15, 0.2) is 0 Å². The fraction of sp³-hybridized carbons (Fsp3) is 1.00. The second kappa shape index (κ2) is 17.7. The predicted molar refractivity (Wildman–Crippen MR) is 90.9 cm³/mol. The zero-order valence-electron chi connectivity index (χ0n) is 15.3. The van der Waals surface area contributed by atoms with E-state index in [1.54, 1.807) is 0 Å². The van der Waals surface area contributed by atoms with E-state index in [4.69, 9.17) is 5.11 Å². The van der Waals surface area contributed by atoms with Crippen LogP contribution in [0.1, 0.15) is 96.8 Å². The first-order chi connectivity index (χ1) is 10.5. The van der Waals surface area contributed by atoms with Crippen LogP contribution in [0.4, 0.5) is 0 Å². The molecule has 0 aliphatic carbocycles. The van der Waals surface area contributed by atoms with Gasteiger partial charge in [0.05, 0.1) is 10.1 Å². The van der Waals surface area contributed by atoms with E-state index in [9.17, 15) is 13.0 Å². The fourth-order valence-corrected chi connectivity index (χ4v) is 3.81. The van der Waals surface area contributed by atoms with Crippen molar-refractivity contribution in [2.24, 2.45) is 0 Å². The van der Waals surface area contributed by atoms with Crippen LogP contribution in [0.15, 0.2) is 0 Å². The van der Waals surface area contributed by atoms with Gasteiger partial charge in [-0.15, -0.1) is 0 Å². The second-order valence-corrected chi connectivity index (χ2v) is 7.96. The summed E-state index contributed by atoms with van der Waals surface area (Å²) in [6, 6.07) is 0. The van der Waals surface area contributed by atoms with E-state index >= 15 is 0 Å². The minimum absolute atomic E-state index is 0. The summed E-state index contributed by atoms with van der Waals surface area (Å²) in [4.78, 5) is 0. The van der Waals surface area contributed by atoms with Gasteiger partial charge in [-0.3, -0.25) is 0 Å². The standard InChI is InChI=1S/C17H36O4S.Na/c1-2-14-17(22(19,20)21)15-12-10-8-6-4-3-5-7-9-11-13-16-18;/h17-18H,2-16H2,1H3,(H,19,20,21);/q;+1/p-1. The van der Waals surface area contributed by atoms with Crippen LogP contribution in [0.2, 0.25) is 0 Å². The molecule has 1 unspecified atom stereocenters. The Bertz CT molecular complexity index is 333. The summed E-state index contributed by atoms with van der Waals surface area (Å²) >= 11 is 0. The zero-order chi connectivity index (χ0) is 16.7. The molecular weight excluding hydrogens is 323 g/mol. The Morgan fingerprint density at radius 3 is 1.52 bits per heavy atom. The van der Waals surface area contributed by atoms with E-state index in [0.29, 0.717) is 19.4 Å². The van der Waals surface area contributed by atoms with Gasteiger partial charge in [0.1, 0.15) is 0 Å². The van der Waals surface area contributed by atoms with Crippen molar-refractivity contribution in [1.82, 2.24) is 0 Å². The molecule has 0 saturated carbocycles. The largest absolute Gasteiger partial charge is 1.00 e. The van der Waals surface area contributed by atoms with Crippen molar-refractivity contribution in [1.29, 1.82) is 0 Å². The fourth-order valence-electron chi connectivity index (χ4n) is 2.83. The van der Waals surface area contributed by atoms with Crippen molar-refractivity contribution >= 4 is 10.1 Å². The molecule has 0 aromatic heterocycles. The Balaban J connectivity index is 0. The number of rotatable bonds is 16.